The second kappa shape index (κ2) is 7.62. The molecular weight excluding hydrogens is 342 g/mol. The van der Waals surface area contributed by atoms with Crippen molar-refractivity contribution in [1.82, 2.24) is 24.7 Å². The number of hydrogen-bond acceptors (Lipinski definition) is 8. The van der Waals surface area contributed by atoms with E-state index >= 15 is 0 Å². The third-order valence-electron chi connectivity index (χ3n) is 3.90. The van der Waals surface area contributed by atoms with Crippen LogP contribution in [-0.4, -0.2) is 69.0 Å². The molecule has 1 aromatic carbocycles. The molecular formula is C15H19N7O2S. The summed E-state index contributed by atoms with van der Waals surface area (Å²) < 4.78 is 1.72. The summed E-state index contributed by atoms with van der Waals surface area (Å²) in [5.74, 6) is 0. The van der Waals surface area contributed by atoms with Crippen LogP contribution in [0.1, 0.15) is 5.56 Å². The van der Waals surface area contributed by atoms with Gasteiger partial charge in [-0.3, -0.25) is 15.1 Å². The fraction of sp³-hybridized carbons (Fsp3) is 0.400. The van der Waals surface area contributed by atoms with E-state index in [1.54, 1.807) is 30.2 Å². The number of aryl methyl sites for hydroxylation is 1. The Kier molecular flexibility index (Phi) is 5.29. The van der Waals surface area contributed by atoms with E-state index in [1.807, 2.05) is 11.1 Å². The van der Waals surface area contributed by atoms with Crippen molar-refractivity contribution >= 4 is 23.7 Å². The first-order valence-corrected chi connectivity index (χ1v) is 8.62. The Morgan fingerprint density at radius 1 is 1.28 bits per heavy atom. The summed E-state index contributed by atoms with van der Waals surface area (Å²) in [6, 6.07) is 5.09. The van der Waals surface area contributed by atoms with Crippen molar-refractivity contribution in [3.63, 3.8) is 0 Å². The molecule has 0 unspecified atom stereocenters. The number of hydrogen-bond donors (Lipinski definition) is 0. The van der Waals surface area contributed by atoms with Crippen LogP contribution >= 0.6 is 11.8 Å². The van der Waals surface area contributed by atoms with Crippen LogP contribution in [0, 0.1) is 10.1 Å². The van der Waals surface area contributed by atoms with Crippen LogP contribution < -0.4 is 0 Å². The van der Waals surface area contributed by atoms with E-state index in [0.29, 0.717) is 15.6 Å². The first kappa shape index (κ1) is 17.4. The quantitative estimate of drug-likeness (QED) is 0.452. The molecule has 0 atom stereocenters. The van der Waals surface area contributed by atoms with Crippen molar-refractivity contribution in [2.24, 2.45) is 12.1 Å². The molecule has 0 radical (unpaired) electrons. The monoisotopic (exact) mass is 361 g/mol. The zero-order valence-corrected chi connectivity index (χ0v) is 14.9. The van der Waals surface area contributed by atoms with Gasteiger partial charge in [-0.25, -0.2) is 0 Å². The average molecular weight is 361 g/mol. The van der Waals surface area contributed by atoms with Gasteiger partial charge in [0.05, 0.1) is 16.0 Å². The van der Waals surface area contributed by atoms with Crippen LogP contribution in [0.4, 0.5) is 5.69 Å². The van der Waals surface area contributed by atoms with Crippen molar-refractivity contribution in [2.75, 3.05) is 33.2 Å². The van der Waals surface area contributed by atoms with Crippen molar-refractivity contribution in [3.8, 4) is 0 Å². The molecule has 0 saturated carbocycles. The van der Waals surface area contributed by atoms with Gasteiger partial charge in [0.2, 0.25) is 0 Å². The van der Waals surface area contributed by atoms with Crippen LogP contribution in [0.3, 0.4) is 0 Å². The highest BCUT2D eigenvalue weighted by Gasteiger charge is 2.18. The van der Waals surface area contributed by atoms with Gasteiger partial charge in [0.15, 0.2) is 5.16 Å². The number of likely N-dealkylation sites (N-methyl/N-ethyl adjacent to an activating group) is 1. The zero-order chi connectivity index (χ0) is 17.8. The lowest BCUT2D eigenvalue weighted by atomic mass is 10.2. The highest BCUT2D eigenvalue weighted by atomic mass is 32.2. The van der Waals surface area contributed by atoms with Gasteiger partial charge in [-0.05, 0) is 24.9 Å². The number of hydrazone groups is 1. The molecule has 0 spiro atoms. The third kappa shape index (κ3) is 4.34. The molecule has 0 aliphatic carbocycles. The number of piperazine rings is 1. The first-order valence-electron chi connectivity index (χ1n) is 7.80. The Balaban J connectivity index is 1.77. The number of benzene rings is 1. The lowest BCUT2D eigenvalue weighted by molar-refractivity contribution is -0.387. The molecule has 2 heterocycles. The van der Waals surface area contributed by atoms with Crippen LogP contribution in [0.25, 0.3) is 0 Å². The van der Waals surface area contributed by atoms with Crippen molar-refractivity contribution in [1.29, 1.82) is 0 Å². The second-order valence-electron chi connectivity index (χ2n) is 5.81. The van der Waals surface area contributed by atoms with Crippen LogP contribution in [-0.2, 0) is 7.05 Å². The summed E-state index contributed by atoms with van der Waals surface area (Å²) in [6.07, 6.45) is 3.24. The number of nitrogens with zero attached hydrogens (tertiary/aromatic N) is 7. The standard InChI is InChI=1S/C15H19N7O2S/c1-19-5-7-21(8-6-19)17-10-12-3-4-14(13(9-12)22(23)24)25-15-18-16-11-20(15)2/h3-4,9-11H,5-8H2,1-2H3/b17-10+. The molecule has 25 heavy (non-hydrogen) atoms. The van der Waals surface area contributed by atoms with Crippen LogP contribution in [0.15, 0.2) is 39.7 Å². The topological polar surface area (TPSA) is 92.7 Å². The van der Waals surface area contributed by atoms with Gasteiger partial charge in [0, 0.05) is 44.9 Å². The maximum absolute atomic E-state index is 11.4. The number of aromatic nitrogens is 3. The Morgan fingerprint density at radius 3 is 2.68 bits per heavy atom. The lowest BCUT2D eigenvalue weighted by Crippen LogP contribution is -2.41. The van der Waals surface area contributed by atoms with E-state index in [4.69, 9.17) is 0 Å². The highest BCUT2D eigenvalue weighted by molar-refractivity contribution is 7.99. The van der Waals surface area contributed by atoms with Gasteiger partial charge in [-0.1, -0.05) is 6.07 Å². The Labute approximate surface area is 149 Å². The van der Waals surface area contributed by atoms with Crippen LogP contribution in [0.5, 0.6) is 0 Å². The third-order valence-corrected chi connectivity index (χ3v) is 5.02. The number of nitro benzene ring substituents is 1. The Bertz CT molecular complexity index is 784. The van der Waals surface area contributed by atoms with Gasteiger partial charge in [-0.15, -0.1) is 10.2 Å². The zero-order valence-electron chi connectivity index (χ0n) is 14.1. The molecule has 1 fully saturated rings. The molecule has 132 valence electrons. The van der Waals surface area contributed by atoms with E-state index in [0.717, 1.165) is 26.2 Å². The van der Waals surface area contributed by atoms with Crippen molar-refractivity contribution in [3.05, 3.63) is 40.2 Å². The van der Waals surface area contributed by atoms with Gasteiger partial charge in [-0.2, -0.15) is 5.10 Å². The van der Waals surface area contributed by atoms with Crippen LogP contribution in [0.2, 0.25) is 0 Å². The summed E-state index contributed by atoms with van der Waals surface area (Å²) >= 11 is 1.22. The molecule has 1 aliphatic rings. The molecule has 1 aliphatic heterocycles. The largest absolute Gasteiger partial charge is 0.311 e. The average Bonchev–Trinajstić information content (AvgIpc) is 3.00. The molecule has 3 rings (SSSR count). The molecule has 9 nitrogen and oxygen atoms in total. The molecule has 0 amide bonds. The molecule has 10 heteroatoms. The molecule has 1 aromatic heterocycles. The maximum Gasteiger partial charge on any atom is 0.283 e. The van der Waals surface area contributed by atoms with E-state index in [2.05, 4.69) is 27.2 Å². The predicted molar refractivity (Wildman–Crippen MR) is 94.9 cm³/mol. The minimum absolute atomic E-state index is 0.0373. The molecule has 0 bridgehead atoms. The van der Waals surface area contributed by atoms with E-state index in [9.17, 15) is 10.1 Å². The minimum atomic E-state index is -0.383. The van der Waals surface area contributed by atoms with Gasteiger partial charge in [0.1, 0.15) is 6.33 Å². The fourth-order valence-corrected chi connectivity index (χ4v) is 3.22. The Hall–Kier alpha value is -2.46. The number of nitro groups is 1. The van der Waals surface area contributed by atoms with E-state index in [1.165, 1.54) is 17.8 Å². The van der Waals surface area contributed by atoms with Crippen molar-refractivity contribution < 1.29 is 4.92 Å². The molecule has 0 N–H and O–H groups in total. The first-order chi connectivity index (χ1) is 12.0. The predicted octanol–water partition coefficient (Wildman–Crippen LogP) is 1.46. The molecule has 2 aromatic rings. The van der Waals surface area contributed by atoms with Gasteiger partial charge >= 0.3 is 0 Å². The number of rotatable bonds is 5. The smallest absolute Gasteiger partial charge is 0.283 e. The normalized spacial score (nSPS) is 15.8. The highest BCUT2D eigenvalue weighted by Crippen LogP contribution is 2.33. The summed E-state index contributed by atoms with van der Waals surface area (Å²) in [4.78, 5) is 13.8. The van der Waals surface area contributed by atoms with Gasteiger partial charge in [0.25, 0.3) is 5.69 Å². The summed E-state index contributed by atoms with van der Waals surface area (Å²) in [7, 11) is 3.88. The van der Waals surface area contributed by atoms with E-state index < -0.39 is 0 Å². The van der Waals surface area contributed by atoms with E-state index in [-0.39, 0.29) is 10.6 Å². The second-order valence-corrected chi connectivity index (χ2v) is 6.82. The summed E-state index contributed by atoms with van der Waals surface area (Å²) in [5, 5.41) is 26.2. The summed E-state index contributed by atoms with van der Waals surface area (Å²) in [5.41, 5.74) is 0.739. The summed E-state index contributed by atoms with van der Waals surface area (Å²) in [6.45, 7) is 3.64. The maximum atomic E-state index is 11.4. The van der Waals surface area contributed by atoms with Gasteiger partial charge < -0.3 is 9.47 Å². The lowest BCUT2D eigenvalue weighted by Gasteiger charge is -2.30. The fourth-order valence-electron chi connectivity index (χ4n) is 2.37. The van der Waals surface area contributed by atoms with Crippen molar-refractivity contribution in [2.45, 2.75) is 10.1 Å². The molecule has 1 saturated heterocycles. The Morgan fingerprint density at radius 2 is 2.04 bits per heavy atom. The SMILES string of the molecule is CN1CCN(/N=C/c2ccc(Sc3nncn3C)c([N+](=O)[O-])c2)CC1. The minimum Gasteiger partial charge on any atom is -0.311 e.